The van der Waals surface area contributed by atoms with Crippen LogP contribution in [0.15, 0.2) is 24.3 Å². The predicted molar refractivity (Wildman–Crippen MR) is 91.5 cm³/mol. The van der Waals surface area contributed by atoms with E-state index in [0.717, 1.165) is 30.4 Å². The van der Waals surface area contributed by atoms with Gasteiger partial charge in [-0.2, -0.15) is 0 Å². The molecular formula is C16H29NO4Si. The number of hydrogen-bond donors (Lipinski definition) is 1. The Balaban J connectivity index is 2.43. The Morgan fingerprint density at radius 3 is 1.91 bits per heavy atom. The first-order valence-corrected chi connectivity index (χ1v) is 9.92. The van der Waals surface area contributed by atoms with Crippen molar-refractivity contribution in [3.8, 4) is 5.75 Å². The lowest BCUT2D eigenvalue weighted by molar-refractivity contribution is 0.0710. The predicted octanol–water partition coefficient (Wildman–Crippen LogP) is 3.55. The number of anilines is 1. The van der Waals surface area contributed by atoms with E-state index in [1.54, 1.807) is 7.11 Å². The van der Waals surface area contributed by atoms with Crippen molar-refractivity contribution in [1.29, 1.82) is 0 Å². The van der Waals surface area contributed by atoms with Crippen LogP contribution in [-0.4, -0.2) is 42.3 Å². The fraction of sp³-hybridized carbons (Fsp3) is 0.625. The van der Waals surface area contributed by atoms with E-state index in [-0.39, 0.29) is 0 Å². The molecule has 0 aliphatic carbocycles. The van der Waals surface area contributed by atoms with Crippen LogP contribution in [0.3, 0.4) is 0 Å². The first-order chi connectivity index (χ1) is 10.7. The molecule has 5 nitrogen and oxygen atoms in total. The fourth-order valence-electron chi connectivity index (χ4n) is 2.25. The van der Waals surface area contributed by atoms with Crippen molar-refractivity contribution in [3.63, 3.8) is 0 Å². The van der Waals surface area contributed by atoms with E-state index in [1.807, 2.05) is 45.0 Å². The number of nitrogens with one attached hydrogen (secondary N) is 1. The zero-order valence-electron chi connectivity index (χ0n) is 14.2. The van der Waals surface area contributed by atoms with Gasteiger partial charge in [0, 0.05) is 38.1 Å². The summed E-state index contributed by atoms with van der Waals surface area (Å²) in [5.41, 5.74) is 1.08. The maximum Gasteiger partial charge on any atom is 0.500 e. The van der Waals surface area contributed by atoms with Gasteiger partial charge in [0.25, 0.3) is 0 Å². The van der Waals surface area contributed by atoms with E-state index in [2.05, 4.69) is 5.32 Å². The summed E-state index contributed by atoms with van der Waals surface area (Å²) in [6.07, 6.45) is 0.943. The average Bonchev–Trinajstić information content (AvgIpc) is 2.53. The minimum atomic E-state index is -2.51. The van der Waals surface area contributed by atoms with Gasteiger partial charge in [-0.15, -0.1) is 0 Å². The Bertz CT molecular complexity index is 383. The molecule has 0 aromatic heterocycles. The standard InChI is InChI=1S/C16H29NO4Si/c1-5-19-22(20-6-2,21-7-3)14-8-13-17-15-9-11-16(18-4)12-10-15/h9-12,17H,5-8,13-14H2,1-4H3. The Hall–Kier alpha value is -1.08. The van der Waals surface area contributed by atoms with Gasteiger partial charge in [-0.25, -0.2) is 0 Å². The van der Waals surface area contributed by atoms with Crippen LogP contribution in [-0.2, 0) is 13.3 Å². The number of hydrogen-bond acceptors (Lipinski definition) is 5. The maximum atomic E-state index is 5.84. The van der Waals surface area contributed by atoms with Crippen molar-refractivity contribution < 1.29 is 18.0 Å². The molecule has 6 heteroatoms. The Kier molecular flexibility index (Phi) is 9.15. The molecule has 0 amide bonds. The molecule has 0 saturated carbocycles. The summed E-state index contributed by atoms with van der Waals surface area (Å²) in [4.78, 5) is 0. The Morgan fingerprint density at radius 2 is 1.45 bits per heavy atom. The Labute approximate surface area is 135 Å². The van der Waals surface area contributed by atoms with Crippen LogP contribution in [0.4, 0.5) is 5.69 Å². The van der Waals surface area contributed by atoms with Crippen molar-refractivity contribution >= 4 is 14.5 Å². The molecule has 1 rings (SSSR count). The molecule has 1 N–H and O–H groups in total. The van der Waals surface area contributed by atoms with Crippen LogP contribution in [0.2, 0.25) is 6.04 Å². The molecule has 0 radical (unpaired) electrons. The summed E-state index contributed by atoms with van der Waals surface area (Å²) >= 11 is 0. The van der Waals surface area contributed by atoms with Crippen LogP contribution in [0, 0.1) is 0 Å². The highest BCUT2D eigenvalue weighted by molar-refractivity contribution is 6.60. The van der Waals surface area contributed by atoms with E-state index < -0.39 is 8.80 Å². The molecule has 0 unspecified atom stereocenters. The number of ether oxygens (including phenoxy) is 1. The molecule has 126 valence electrons. The van der Waals surface area contributed by atoms with Crippen molar-refractivity contribution in [1.82, 2.24) is 0 Å². The van der Waals surface area contributed by atoms with Crippen molar-refractivity contribution in [2.24, 2.45) is 0 Å². The van der Waals surface area contributed by atoms with Gasteiger partial charge in [0.15, 0.2) is 0 Å². The topological polar surface area (TPSA) is 49.0 Å². The van der Waals surface area contributed by atoms with Gasteiger partial charge in [-0.1, -0.05) is 0 Å². The quantitative estimate of drug-likeness (QED) is 0.470. The first kappa shape index (κ1) is 19.0. The highest BCUT2D eigenvalue weighted by Crippen LogP contribution is 2.19. The smallest absolute Gasteiger partial charge is 0.497 e. The second kappa shape index (κ2) is 10.6. The van der Waals surface area contributed by atoms with E-state index >= 15 is 0 Å². The normalized spacial score (nSPS) is 11.5. The molecule has 22 heavy (non-hydrogen) atoms. The Morgan fingerprint density at radius 1 is 0.909 bits per heavy atom. The van der Waals surface area contributed by atoms with E-state index in [1.165, 1.54) is 0 Å². The van der Waals surface area contributed by atoms with Crippen molar-refractivity contribution in [2.45, 2.75) is 33.2 Å². The largest absolute Gasteiger partial charge is 0.500 e. The summed E-state index contributed by atoms with van der Waals surface area (Å²) in [5, 5.41) is 3.39. The molecule has 1 aromatic carbocycles. The van der Waals surface area contributed by atoms with Gasteiger partial charge in [-0.3, -0.25) is 0 Å². The summed E-state index contributed by atoms with van der Waals surface area (Å²) in [7, 11) is -0.840. The van der Waals surface area contributed by atoms with Crippen molar-refractivity contribution in [2.75, 3.05) is 38.8 Å². The van der Waals surface area contributed by atoms with Gasteiger partial charge < -0.3 is 23.3 Å². The highest BCUT2D eigenvalue weighted by Gasteiger charge is 2.39. The molecule has 0 saturated heterocycles. The molecule has 1 aromatic rings. The SMILES string of the molecule is CCO[Si](CCCNc1ccc(OC)cc1)(OCC)OCC. The third-order valence-electron chi connectivity index (χ3n) is 3.17. The van der Waals surface area contributed by atoms with Crippen LogP contribution < -0.4 is 10.1 Å². The fourth-order valence-corrected chi connectivity index (χ4v) is 4.86. The highest BCUT2D eigenvalue weighted by atomic mass is 28.4. The molecule has 0 aliphatic rings. The number of rotatable bonds is 12. The molecule has 0 atom stereocenters. The molecule has 0 bridgehead atoms. The maximum absolute atomic E-state index is 5.84. The van der Waals surface area contributed by atoms with Crippen LogP contribution in [0.25, 0.3) is 0 Å². The average molecular weight is 327 g/mol. The summed E-state index contributed by atoms with van der Waals surface area (Å²) in [5.74, 6) is 0.862. The van der Waals surface area contributed by atoms with Gasteiger partial charge in [0.1, 0.15) is 5.75 Å². The lowest BCUT2D eigenvalue weighted by atomic mass is 10.3. The third kappa shape index (κ3) is 6.35. The van der Waals surface area contributed by atoms with Gasteiger partial charge in [-0.05, 0) is 51.5 Å². The zero-order chi connectivity index (χ0) is 16.3. The van der Waals surface area contributed by atoms with E-state index in [0.29, 0.717) is 19.8 Å². The second-order valence-electron chi connectivity index (χ2n) is 4.74. The van der Waals surface area contributed by atoms with Gasteiger partial charge in [0.05, 0.1) is 7.11 Å². The second-order valence-corrected chi connectivity index (χ2v) is 7.47. The number of benzene rings is 1. The minimum Gasteiger partial charge on any atom is -0.497 e. The zero-order valence-corrected chi connectivity index (χ0v) is 15.2. The molecule has 0 fully saturated rings. The van der Waals surface area contributed by atoms with Crippen LogP contribution in [0.5, 0.6) is 5.75 Å². The summed E-state index contributed by atoms with van der Waals surface area (Å²) < 4.78 is 22.7. The van der Waals surface area contributed by atoms with E-state index in [4.69, 9.17) is 18.0 Å². The number of methoxy groups -OCH3 is 1. The van der Waals surface area contributed by atoms with Crippen LogP contribution in [0.1, 0.15) is 27.2 Å². The minimum absolute atomic E-state index is 0.623. The van der Waals surface area contributed by atoms with Gasteiger partial charge in [0.2, 0.25) is 0 Å². The lowest BCUT2D eigenvalue weighted by Gasteiger charge is -2.28. The van der Waals surface area contributed by atoms with Crippen LogP contribution >= 0.6 is 0 Å². The van der Waals surface area contributed by atoms with Crippen molar-refractivity contribution in [3.05, 3.63) is 24.3 Å². The lowest BCUT2D eigenvalue weighted by Crippen LogP contribution is -2.46. The summed E-state index contributed by atoms with van der Waals surface area (Å²) in [6.45, 7) is 8.67. The van der Waals surface area contributed by atoms with Gasteiger partial charge >= 0.3 is 8.80 Å². The molecular weight excluding hydrogens is 298 g/mol. The first-order valence-electron chi connectivity index (χ1n) is 7.99. The monoisotopic (exact) mass is 327 g/mol. The summed E-state index contributed by atoms with van der Waals surface area (Å²) in [6, 6.07) is 8.74. The third-order valence-corrected chi connectivity index (χ3v) is 6.32. The molecule has 0 spiro atoms. The molecule has 0 aliphatic heterocycles. The molecule has 0 heterocycles. The van der Waals surface area contributed by atoms with E-state index in [9.17, 15) is 0 Å².